The summed E-state index contributed by atoms with van der Waals surface area (Å²) >= 11 is 0. The fourth-order valence-corrected chi connectivity index (χ4v) is 4.56. The van der Waals surface area contributed by atoms with Crippen LogP contribution in [0.3, 0.4) is 0 Å². The molecule has 0 saturated carbocycles. The normalized spacial score (nSPS) is 16.6. The van der Waals surface area contributed by atoms with E-state index in [4.69, 9.17) is 9.15 Å². The minimum Gasteiger partial charge on any atom is -0.453 e. The maximum Gasteiger partial charge on any atom is 0.289 e. The first-order valence-electron chi connectivity index (χ1n) is 11.4. The van der Waals surface area contributed by atoms with E-state index in [2.05, 4.69) is 15.2 Å². The highest BCUT2D eigenvalue weighted by Gasteiger charge is 2.26. The van der Waals surface area contributed by atoms with Gasteiger partial charge in [0.15, 0.2) is 5.76 Å². The van der Waals surface area contributed by atoms with Crippen molar-refractivity contribution in [3.05, 3.63) is 52.2 Å². The number of methoxy groups -OCH3 is 1. The SMILES string of the molecule is COCc1ccc(C(=O)N2CCc3c(cnc(C)c3CNC(=O)CN3CCCCC3)C2)o1. The zero-order valence-electron chi connectivity index (χ0n) is 19.0. The largest absolute Gasteiger partial charge is 0.453 e. The van der Waals surface area contributed by atoms with E-state index >= 15 is 0 Å². The Labute approximate surface area is 188 Å². The highest BCUT2D eigenvalue weighted by atomic mass is 16.5. The topological polar surface area (TPSA) is 87.9 Å². The number of hydrogen-bond acceptors (Lipinski definition) is 6. The number of furan rings is 1. The van der Waals surface area contributed by atoms with Crippen LogP contribution >= 0.6 is 0 Å². The van der Waals surface area contributed by atoms with Crippen molar-refractivity contribution in [3.8, 4) is 0 Å². The molecule has 2 amide bonds. The van der Waals surface area contributed by atoms with Gasteiger partial charge in [0.2, 0.25) is 5.91 Å². The number of nitrogens with one attached hydrogen (secondary N) is 1. The molecule has 2 aliphatic heterocycles. The van der Waals surface area contributed by atoms with Crippen molar-refractivity contribution in [2.75, 3.05) is 33.3 Å². The molecule has 4 rings (SSSR count). The van der Waals surface area contributed by atoms with E-state index < -0.39 is 0 Å². The zero-order valence-corrected chi connectivity index (χ0v) is 19.0. The van der Waals surface area contributed by atoms with Crippen LogP contribution in [0.5, 0.6) is 0 Å². The molecule has 1 N–H and O–H groups in total. The number of carbonyl (C=O) groups is 2. The first-order valence-corrected chi connectivity index (χ1v) is 11.4. The Balaban J connectivity index is 1.39. The summed E-state index contributed by atoms with van der Waals surface area (Å²) in [5.41, 5.74) is 4.22. The summed E-state index contributed by atoms with van der Waals surface area (Å²) < 4.78 is 10.7. The lowest BCUT2D eigenvalue weighted by atomic mass is 9.94. The van der Waals surface area contributed by atoms with Gasteiger partial charge in [-0.25, -0.2) is 0 Å². The summed E-state index contributed by atoms with van der Waals surface area (Å²) in [7, 11) is 1.59. The summed E-state index contributed by atoms with van der Waals surface area (Å²) in [6, 6.07) is 3.47. The number of piperidine rings is 1. The number of pyridine rings is 1. The molecular formula is C24H32N4O4. The third-order valence-electron chi connectivity index (χ3n) is 6.32. The second-order valence-corrected chi connectivity index (χ2v) is 8.62. The zero-order chi connectivity index (χ0) is 22.5. The number of aromatic nitrogens is 1. The fraction of sp³-hybridized carbons (Fsp3) is 0.542. The number of amides is 2. The van der Waals surface area contributed by atoms with E-state index in [1.807, 2.05) is 13.1 Å². The molecule has 0 unspecified atom stereocenters. The van der Waals surface area contributed by atoms with Gasteiger partial charge in [-0.2, -0.15) is 0 Å². The van der Waals surface area contributed by atoms with Crippen LogP contribution in [0.25, 0.3) is 0 Å². The Bertz CT molecular complexity index is 965. The molecule has 2 aliphatic rings. The van der Waals surface area contributed by atoms with E-state index in [9.17, 15) is 9.59 Å². The molecule has 172 valence electrons. The lowest BCUT2D eigenvalue weighted by Crippen LogP contribution is -2.40. The molecule has 8 heteroatoms. The van der Waals surface area contributed by atoms with Gasteiger partial charge >= 0.3 is 0 Å². The molecule has 1 fully saturated rings. The first-order chi connectivity index (χ1) is 15.5. The quantitative estimate of drug-likeness (QED) is 0.712. The molecule has 1 saturated heterocycles. The van der Waals surface area contributed by atoms with Crippen LogP contribution in [-0.4, -0.2) is 59.9 Å². The van der Waals surface area contributed by atoms with Crippen LogP contribution in [-0.2, 0) is 35.6 Å². The smallest absolute Gasteiger partial charge is 0.289 e. The van der Waals surface area contributed by atoms with Crippen molar-refractivity contribution in [3.63, 3.8) is 0 Å². The summed E-state index contributed by atoms with van der Waals surface area (Å²) in [6.07, 6.45) is 6.18. The van der Waals surface area contributed by atoms with Crippen LogP contribution in [0.15, 0.2) is 22.7 Å². The minimum absolute atomic E-state index is 0.0567. The molecule has 2 aromatic heterocycles. The molecule has 8 nitrogen and oxygen atoms in total. The van der Waals surface area contributed by atoms with Gasteiger partial charge in [-0.15, -0.1) is 0 Å². The Morgan fingerprint density at radius 3 is 2.78 bits per heavy atom. The fourth-order valence-electron chi connectivity index (χ4n) is 4.56. The maximum atomic E-state index is 12.9. The van der Waals surface area contributed by atoms with E-state index in [0.29, 0.717) is 44.3 Å². The number of likely N-dealkylation sites (tertiary alicyclic amines) is 1. The van der Waals surface area contributed by atoms with E-state index in [1.54, 1.807) is 24.1 Å². The van der Waals surface area contributed by atoms with Crippen LogP contribution in [0.1, 0.15) is 58.0 Å². The summed E-state index contributed by atoms with van der Waals surface area (Å²) in [5, 5.41) is 3.08. The van der Waals surface area contributed by atoms with Gasteiger partial charge in [-0.3, -0.25) is 19.5 Å². The average molecular weight is 441 g/mol. The summed E-state index contributed by atoms with van der Waals surface area (Å²) in [5.74, 6) is 0.884. The minimum atomic E-state index is -0.130. The van der Waals surface area contributed by atoms with Crippen LogP contribution in [0.4, 0.5) is 0 Å². The lowest BCUT2D eigenvalue weighted by molar-refractivity contribution is -0.122. The van der Waals surface area contributed by atoms with Gasteiger partial charge in [-0.1, -0.05) is 6.42 Å². The second-order valence-electron chi connectivity index (χ2n) is 8.62. The highest BCUT2D eigenvalue weighted by molar-refractivity contribution is 5.91. The van der Waals surface area contributed by atoms with Gasteiger partial charge in [0.1, 0.15) is 12.4 Å². The number of carbonyl (C=O) groups excluding carboxylic acids is 2. The molecule has 2 aromatic rings. The van der Waals surface area contributed by atoms with Crippen LogP contribution in [0.2, 0.25) is 0 Å². The number of aryl methyl sites for hydroxylation is 1. The van der Waals surface area contributed by atoms with Gasteiger partial charge in [-0.05, 0) is 68.1 Å². The predicted octanol–water partition coefficient (Wildman–Crippen LogP) is 2.43. The third kappa shape index (κ3) is 5.19. The van der Waals surface area contributed by atoms with Gasteiger partial charge < -0.3 is 19.4 Å². The first kappa shape index (κ1) is 22.5. The average Bonchev–Trinajstić information content (AvgIpc) is 3.27. The number of rotatable bonds is 7. The number of hydrogen-bond donors (Lipinski definition) is 1. The maximum absolute atomic E-state index is 12.9. The van der Waals surface area contributed by atoms with Crippen molar-refractivity contribution in [1.29, 1.82) is 0 Å². The molecule has 4 heterocycles. The predicted molar refractivity (Wildman–Crippen MR) is 119 cm³/mol. The molecule has 0 aromatic carbocycles. The standard InChI is InChI=1S/C24H32N4O4/c1-17-21(13-26-23(29)15-27-9-4-3-5-10-27)20-8-11-28(14-18(20)12-25-17)24(30)22-7-6-19(32-22)16-31-2/h6-7,12H,3-5,8-11,13-16H2,1-2H3,(H,26,29). The third-order valence-corrected chi connectivity index (χ3v) is 6.32. The van der Waals surface area contributed by atoms with Crippen LogP contribution in [0, 0.1) is 6.92 Å². The Hall–Kier alpha value is -2.71. The van der Waals surface area contributed by atoms with Gasteiger partial charge in [0, 0.05) is 38.6 Å². The van der Waals surface area contributed by atoms with Crippen molar-refractivity contribution >= 4 is 11.8 Å². The van der Waals surface area contributed by atoms with Gasteiger partial charge in [0.05, 0.1) is 6.54 Å². The number of ether oxygens (including phenoxy) is 1. The van der Waals surface area contributed by atoms with Crippen molar-refractivity contribution in [2.45, 2.75) is 52.3 Å². The molecular weight excluding hydrogens is 408 g/mol. The van der Waals surface area contributed by atoms with E-state index in [0.717, 1.165) is 36.3 Å². The van der Waals surface area contributed by atoms with Gasteiger partial charge in [0.25, 0.3) is 5.91 Å². The molecule has 32 heavy (non-hydrogen) atoms. The number of nitrogens with zero attached hydrogens (tertiary/aromatic N) is 3. The molecule has 0 bridgehead atoms. The molecule has 0 spiro atoms. The Kier molecular flexibility index (Phi) is 7.22. The lowest BCUT2D eigenvalue weighted by Gasteiger charge is -2.30. The monoisotopic (exact) mass is 440 g/mol. The van der Waals surface area contributed by atoms with E-state index in [-0.39, 0.29) is 11.8 Å². The molecule has 0 radical (unpaired) electrons. The molecule has 0 aliphatic carbocycles. The molecule has 0 atom stereocenters. The van der Waals surface area contributed by atoms with Crippen molar-refractivity contribution in [2.24, 2.45) is 0 Å². The van der Waals surface area contributed by atoms with Crippen molar-refractivity contribution in [1.82, 2.24) is 20.1 Å². The van der Waals surface area contributed by atoms with E-state index in [1.165, 1.54) is 24.8 Å². The Morgan fingerprint density at radius 1 is 1.19 bits per heavy atom. The summed E-state index contributed by atoms with van der Waals surface area (Å²) in [4.78, 5) is 33.9. The number of fused-ring (bicyclic) bond motifs is 1. The van der Waals surface area contributed by atoms with Crippen LogP contribution < -0.4 is 5.32 Å². The summed E-state index contributed by atoms with van der Waals surface area (Å²) in [6.45, 7) is 6.33. The second kappa shape index (κ2) is 10.3. The van der Waals surface area contributed by atoms with Crippen molar-refractivity contribution < 1.29 is 18.7 Å². The Morgan fingerprint density at radius 2 is 2.00 bits per heavy atom. The highest BCUT2D eigenvalue weighted by Crippen LogP contribution is 2.25.